The maximum absolute atomic E-state index is 12.8. The zero-order chi connectivity index (χ0) is 17.3. The first-order valence-electron chi connectivity index (χ1n) is 7.85. The third kappa shape index (κ3) is 3.20. The summed E-state index contributed by atoms with van der Waals surface area (Å²) in [5.41, 5.74) is 8.80. The number of benzene rings is 2. The van der Waals surface area contributed by atoms with E-state index in [0.29, 0.717) is 10.5 Å². The number of hydrogen-bond acceptors (Lipinski definition) is 3. The summed E-state index contributed by atoms with van der Waals surface area (Å²) in [6.07, 6.45) is 3.05. The predicted octanol–water partition coefficient (Wildman–Crippen LogP) is 2.09. The molecular formula is C18H20N2O3S. The van der Waals surface area contributed by atoms with Crippen LogP contribution in [0.4, 0.5) is 0 Å². The molecule has 0 radical (unpaired) electrons. The van der Waals surface area contributed by atoms with E-state index in [1.54, 1.807) is 43.4 Å². The normalized spacial score (nSPS) is 13.9. The van der Waals surface area contributed by atoms with Crippen LogP contribution in [0.1, 0.15) is 33.5 Å². The molecule has 0 aromatic heterocycles. The van der Waals surface area contributed by atoms with E-state index in [0.717, 1.165) is 30.4 Å². The summed E-state index contributed by atoms with van der Waals surface area (Å²) in [6.45, 7) is 0.235. The highest BCUT2D eigenvalue weighted by atomic mass is 32.2. The molecule has 3 rings (SSSR count). The first kappa shape index (κ1) is 16.7. The average molecular weight is 344 g/mol. The Bertz CT molecular complexity index is 874. The maximum Gasteiger partial charge on any atom is 0.248 e. The van der Waals surface area contributed by atoms with Crippen molar-refractivity contribution in [3.8, 4) is 0 Å². The average Bonchev–Trinajstić information content (AvgIpc) is 3.02. The second kappa shape index (κ2) is 6.37. The zero-order valence-electron chi connectivity index (χ0n) is 13.5. The third-order valence-electron chi connectivity index (χ3n) is 4.42. The van der Waals surface area contributed by atoms with Crippen LogP contribution in [0.25, 0.3) is 0 Å². The minimum absolute atomic E-state index is 0.235. The van der Waals surface area contributed by atoms with Crippen molar-refractivity contribution in [2.24, 2.45) is 5.73 Å². The lowest BCUT2D eigenvalue weighted by Gasteiger charge is -2.18. The van der Waals surface area contributed by atoms with Crippen molar-refractivity contribution in [1.29, 1.82) is 0 Å². The van der Waals surface area contributed by atoms with Crippen molar-refractivity contribution >= 4 is 15.9 Å². The highest BCUT2D eigenvalue weighted by Crippen LogP contribution is 2.26. The Morgan fingerprint density at radius 1 is 1.08 bits per heavy atom. The monoisotopic (exact) mass is 344 g/mol. The van der Waals surface area contributed by atoms with Crippen LogP contribution < -0.4 is 5.73 Å². The quantitative estimate of drug-likeness (QED) is 0.902. The highest BCUT2D eigenvalue weighted by molar-refractivity contribution is 7.89. The number of carbonyl (C=O) groups is 1. The molecule has 126 valence electrons. The number of primary amides is 1. The van der Waals surface area contributed by atoms with Crippen LogP contribution in [-0.2, 0) is 29.4 Å². The van der Waals surface area contributed by atoms with E-state index in [1.165, 1.54) is 9.87 Å². The van der Waals surface area contributed by atoms with Crippen LogP contribution in [0.3, 0.4) is 0 Å². The van der Waals surface area contributed by atoms with Crippen molar-refractivity contribution in [3.63, 3.8) is 0 Å². The molecule has 0 spiro atoms. The van der Waals surface area contributed by atoms with Gasteiger partial charge in [0.25, 0.3) is 0 Å². The first-order valence-corrected chi connectivity index (χ1v) is 9.29. The van der Waals surface area contributed by atoms with Gasteiger partial charge in [-0.15, -0.1) is 0 Å². The van der Waals surface area contributed by atoms with E-state index in [-0.39, 0.29) is 6.54 Å². The molecule has 0 unspecified atom stereocenters. The molecule has 5 nitrogen and oxygen atoms in total. The molecule has 2 N–H and O–H groups in total. The van der Waals surface area contributed by atoms with E-state index >= 15 is 0 Å². The summed E-state index contributed by atoms with van der Waals surface area (Å²) in [6, 6.07) is 12.0. The van der Waals surface area contributed by atoms with Crippen LogP contribution in [0.2, 0.25) is 0 Å². The Hall–Kier alpha value is -2.18. The van der Waals surface area contributed by atoms with Crippen LogP contribution in [0.15, 0.2) is 47.4 Å². The molecule has 0 aliphatic heterocycles. The van der Waals surface area contributed by atoms with Crippen LogP contribution in [0, 0.1) is 0 Å². The Kier molecular flexibility index (Phi) is 4.43. The number of sulfonamides is 1. The molecule has 0 saturated heterocycles. The number of fused-ring (bicyclic) bond motifs is 1. The van der Waals surface area contributed by atoms with E-state index in [4.69, 9.17) is 5.73 Å². The lowest BCUT2D eigenvalue weighted by Crippen LogP contribution is -2.26. The molecule has 2 aromatic carbocycles. The molecule has 0 fully saturated rings. The predicted molar refractivity (Wildman–Crippen MR) is 92.1 cm³/mol. The van der Waals surface area contributed by atoms with Gasteiger partial charge in [0.2, 0.25) is 15.9 Å². The lowest BCUT2D eigenvalue weighted by atomic mass is 10.1. The fourth-order valence-electron chi connectivity index (χ4n) is 3.01. The maximum atomic E-state index is 12.8. The summed E-state index contributed by atoms with van der Waals surface area (Å²) in [4.78, 5) is 11.4. The molecule has 2 aromatic rings. The molecule has 1 aliphatic rings. The smallest absolute Gasteiger partial charge is 0.248 e. The largest absolute Gasteiger partial charge is 0.366 e. The molecule has 24 heavy (non-hydrogen) atoms. The van der Waals surface area contributed by atoms with Crippen LogP contribution in [-0.4, -0.2) is 25.7 Å². The fourth-order valence-corrected chi connectivity index (χ4v) is 4.22. The Labute approximate surface area is 142 Å². The highest BCUT2D eigenvalue weighted by Gasteiger charge is 2.23. The molecular weight excluding hydrogens is 324 g/mol. The molecule has 1 aliphatic carbocycles. The van der Waals surface area contributed by atoms with E-state index in [9.17, 15) is 13.2 Å². The standard InChI is InChI=1S/C18H20N2O3S/c1-20(12-13-5-7-15(8-6-13)18(19)21)24(22,23)17-10-9-14-3-2-4-16(14)11-17/h5-11H,2-4,12H2,1H3,(H2,19,21). The summed E-state index contributed by atoms with van der Waals surface area (Å²) in [5, 5.41) is 0. The summed E-state index contributed by atoms with van der Waals surface area (Å²) < 4.78 is 26.8. The van der Waals surface area contributed by atoms with Gasteiger partial charge in [0.1, 0.15) is 0 Å². The molecule has 1 amide bonds. The second-order valence-corrected chi connectivity index (χ2v) is 8.15. The second-order valence-electron chi connectivity index (χ2n) is 6.11. The van der Waals surface area contributed by atoms with Crippen molar-refractivity contribution in [2.75, 3.05) is 7.05 Å². The fraction of sp³-hybridized carbons (Fsp3) is 0.278. The van der Waals surface area contributed by atoms with Gasteiger partial charge in [-0.3, -0.25) is 4.79 Å². The summed E-state index contributed by atoms with van der Waals surface area (Å²) in [5.74, 6) is -0.499. The summed E-state index contributed by atoms with van der Waals surface area (Å²) in [7, 11) is -1.98. The van der Waals surface area contributed by atoms with Gasteiger partial charge in [-0.05, 0) is 60.2 Å². The van der Waals surface area contributed by atoms with Gasteiger partial charge in [-0.2, -0.15) is 4.31 Å². The van der Waals surface area contributed by atoms with Crippen LogP contribution in [0.5, 0.6) is 0 Å². The Morgan fingerprint density at radius 3 is 2.42 bits per heavy atom. The van der Waals surface area contributed by atoms with Crippen molar-refractivity contribution in [2.45, 2.75) is 30.7 Å². The topological polar surface area (TPSA) is 80.5 Å². The minimum atomic E-state index is -3.54. The van der Waals surface area contributed by atoms with Gasteiger partial charge >= 0.3 is 0 Å². The summed E-state index contributed by atoms with van der Waals surface area (Å²) >= 11 is 0. The number of nitrogens with zero attached hydrogens (tertiary/aromatic N) is 1. The minimum Gasteiger partial charge on any atom is -0.366 e. The zero-order valence-corrected chi connectivity index (χ0v) is 14.3. The van der Waals surface area contributed by atoms with E-state index in [1.807, 2.05) is 6.07 Å². The number of hydrogen-bond donors (Lipinski definition) is 1. The Morgan fingerprint density at radius 2 is 1.75 bits per heavy atom. The molecule has 0 heterocycles. The first-order chi connectivity index (χ1) is 11.4. The Balaban J connectivity index is 1.80. The third-order valence-corrected chi connectivity index (χ3v) is 6.22. The number of aryl methyl sites for hydroxylation is 2. The number of rotatable bonds is 5. The molecule has 0 bridgehead atoms. The van der Waals surface area contributed by atoms with Crippen molar-refractivity contribution < 1.29 is 13.2 Å². The number of carbonyl (C=O) groups excluding carboxylic acids is 1. The van der Waals surface area contributed by atoms with Crippen LogP contribution >= 0.6 is 0 Å². The number of nitrogens with two attached hydrogens (primary N) is 1. The van der Waals surface area contributed by atoms with Gasteiger partial charge in [0.05, 0.1) is 4.90 Å². The molecule has 0 saturated carbocycles. The van der Waals surface area contributed by atoms with Gasteiger partial charge < -0.3 is 5.73 Å². The van der Waals surface area contributed by atoms with Crippen molar-refractivity contribution in [3.05, 3.63) is 64.7 Å². The molecule has 0 atom stereocenters. The SMILES string of the molecule is CN(Cc1ccc(C(N)=O)cc1)S(=O)(=O)c1ccc2c(c1)CCC2. The van der Waals surface area contributed by atoms with Gasteiger partial charge in [0.15, 0.2) is 0 Å². The van der Waals surface area contributed by atoms with Gasteiger partial charge in [-0.1, -0.05) is 18.2 Å². The lowest BCUT2D eigenvalue weighted by molar-refractivity contribution is 0.1000. The molecule has 6 heteroatoms. The van der Waals surface area contributed by atoms with Gasteiger partial charge in [-0.25, -0.2) is 8.42 Å². The van der Waals surface area contributed by atoms with Gasteiger partial charge in [0, 0.05) is 19.2 Å². The van der Waals surface area contributed by atoms with Crippen molar-refractivity contribution in [1.82, 2.24) is 4.31 Å². The van der Waals surface area contributed by atoms with E-state index < -0.39 is 15.9 Å². The van der Waals surface area contributed by atoms with E-state index in [2.05, 4.69) is 0 Å². The number of amides is 1.